The van der Waals surface area contributed by atoms with Gasteiger partial charge in [-0.3, -0.25) is 9.20 Å². The predicted octanol–water partition coefficient (Wildman–Crippen LogP) is 0.0336. The van der Waals surface area contributed by atoms with Gasteiger partial charge in [0.25, 0.3) is 0 Å². The van der Waals surface area contributed by atoms with Crippen LogP contribution >= 0.6 is 12.4 Å². The Bertz CT molecular complexity index is 637. The van der Waals surface area contributed by atoms with E-state index in [0.29, 0.717) is 12.2 Å². The quantitative estimate of drug-likeness (QED) is 0.707. The lowest BCUT2D eigenvalue weighted by atomic mass is 10.4. The molecule has 0 saturated heterocycles. The summed E-state index contributed by atoms with van der Waals surface area (Å²) in [4.78, 5) is 23.7. The molecule has 0 aromatic carbocycles. The molecule has 0 aliphatic heterocycles. The molecule has 0 radical (unpaired) electrons. The summed E-state index contributed by atoms with van der Waals surface area (Å²) < 4.78 is 2.58. The first-order valence-corrected chi connectivity index (χ1v) is 6.74. The van der Waals surface area contributed by atoms with Crippen LogP contribution in [0.2, 0.25) is 0 Å². The van der Waals surface area contributed by atoms with Crippen LogP contribution < -0.4 is 16.3 Å². The van der Waals surface area contributed by atoms with Crippen molar-refractivity contribution in [2.45, 2.75) is 19.9 Å². The van der Waals surface area contributed by atoms with Crippen LogP contribution in [0, 0.1) is 0 Å². The Morgan fingerprint density at radius 2 is 2.10 bits per heavy atom. The van der Waals surface area contributed by atoms with Crippen molar-refractivity contribution >= 4 is 24.0 Å². The van der Waals surface area contributed by atoms with Gasteiger partial charge in [-0.1, -0.05) is 13.0 Å². The zero-order chi connectivity index (χ0) is 14.4. The first-order chi connectivity index (χ1) is 9.72. The number of hydrogen-bond donors (Lipinski definition) is 2. The molecule has 0 saturated carbocycles. The van der Waals surface area contributed by atoms with Crippen molar-refractivity contribution in [2.24, 2.45) is 0 Å². The number of amides is 1. The Hall–Kier alpha value is -1.86. The molecule has 21 heavy (non-hydrogen) atoms. The number of rotatable bonds is 7. The third kappa shape index (κ3) is 4.57. The maximum Gasteiger partial charge on any atom is 0.350 e. The molecule has 0 aliphatic carbocycles. The van der Waals surface area contributed by atoms with Crippen molar-refractivity contribution in [1.82, 2.24) is 24.8 Å². The normalized spacial score (nSPS) is 10.3. The summed E-state index contributed by atoms with van der Waals surface area (Å²) in [6, 6.07) is 5.27. The Kier molecular flexibility index (Phi) is 6.90. The summed E-state index contributed by atoms with van der Waals surface area (Å²) in [6.07, 6.45) is 2.69. The van der Waals surface area contributed by atoms with Crippen LogP contribution in [-0.4, -0.2) is 39.7 Å². The van der Waals surface area contributed by atoms with Crippen LogP contribution in [-0.2, 0) is 11.3 Å². The van der Waals surface area contributed by atoms with Gasteiger partial charge in [0, 0.05) is 19.3 Å². The lowest BCUT2D eigenvalue weighted by molar-refractivity contribution is -0.121. The van der Waals surface area contributed by atoms with E-state index in [1.54, 1.807) is 24.4 Å². The molecular formula is C13H20ClN5O2. The molecule has 2 N–H and O–H groups in total. The molecule has 1 amide bonds. The monoisotopic (exact) mass is 313 g/mol. The highest BCUT2D eigenvalue weighted by Gasteiger charge is 2.09. The first-order valence-electron chi connectivity index (χ1n) is 6.74. The van der Waals surface area contributed by atoms with E-state index in [2.05, 4.69) is 22.7 Å². The van der Waals surface area contributed by atoms with Gasteiger partial charge in [-0.15, -0.1) is 17.5 Å². The van der Waals surface area contributed by atoms with E-state index in [1.807, 2.05) is 0 Å². The number of carbonyl (C=O) groups is 1. The molecule has 2 aromatic heterocycles. The van der Waals surface area contributed by atoms with Crippen LogP contribution in [0.5, 0.6) is 0 Å². The molecule has 2 rings (SSSR count). The second-order valence-electron chi connectivity index (χ2n) is 4.47. The van der Waals surface area contributed by atoms with Gasteiger partial charge in [-0.2, -0.15) is 0 Å². The van der Waals surface area contributed by atoms with Gasteiger partial charge in [-0.25, -0.2) is 9.48 Å². The predicted molar refractivity (Wildman–Crippen MR) is 82.9 cm³/mol. The first kappa shape index (κ1) is 17.2. The average Bonchev–Trinajstić information content (AvgIpc) is 2.76. The summed E-state index contributed by atoms with van der Waals surface area (Å²) >= 11 is 0. The highest BCUT2D eigenvalue weighted by Crippen LogP contribution is 1.94. The van der Waals surface area contributed by atoms with Crippen molar-refractivity contribution in [3.8, 4) is 0 Å². The highest BCUT2D eigenvalue weighted by atomic mass is 35.5. The van der Waals surface area contributed by atoms with E-state index < -0.39 is 0 Å². The molecule has 0 bridgehead atoms. The second-order valence-corrected chi connectivity index (χ2v) is 4.47. The smallest absolute Gasteiger partial charge is 0.350 e. The molecule has 116 valence electrons. The number of nitrogens with zero attached hydrogens (tertiary/aromatic N) is 3. The largest absolute Gasteiger partial charge is 0.353 e. The molecule has 7 nitrogen and oxygen atoms in total. The minimum atomic E-state index is -0.306. The zero-order valence-corrected chi connectivity index (χ0v) is 12.7. The van der Waals surface area contributed by atoms with E-state index in [4.69, 9.17) is 0 Å². The van der Waals surface area contributed by atoms with Gasteiger partial charge in [0.15, 0.2) is 5.65 Å². The fourth-order valence-electron chi connectivity index (χ4n) is 1.86. The Labute approximate surface area is 128 Å². The molecule has 0 fully saturated rings. The SMILES string of the molecule is CCCNCCNC(=O)Cn1nc2ccccn2c1=O.Cl. The van der Waals surface area contributed by atoms with Crippen LogP contribution in [0.1, 0.15) is 13.3 Å². The lowest BCUT2D eigenvalue weighted by Gasteiger charge is -2.05. The summed E-state index contributed by atoms with van der Waals surface area (Å²) in [6.45, 7) is 4.22. The van der Waals surface area contributed by atoms with Gasteiger partial charge in [0.1, 0.15) is 6.54 Å². The Morgan fingerprint density at radius 3 is 2.81 bits per heavy atom. The van der Waals surface area contributed by atoms with E-state index in [-0.39, 0.29) is 30.5 Å². The van der Waals surface area contributed by atoms with Crippen LogP contribution in [0.3, 0.4) is 0 Å². The second kappa shape index (κ2) is 8.43. The highest BCUT2D eigenvalue weighted by molar-refractivity contribution is 5.85. The van der Waals surface area contributed by atoms with E-state index in [0.717, 1.165) is 19.5 Å². The number of halogens is 1. The fraction of sp³-hybridized carbons (Fsp3) is 0.462. The summed E-state index contributed by atoms with van der Waals surface area (Å²) in [7, 11) is 0. The van der Waals surface area contributed by atoms with Crippen LogP contribution in [0.4, 0.5) is 0 Å². The molecule has 8 heteroatoms. The molecular weight excluding hydrogens is 294 g/mol. The molecule has 2 heterocycles. The van der Waals surface area contributed by atoms with Gasteiger partial charge < -0.3 is 10.6 Å². The van der Waals surface area contributed by atoms with E-state index in [9.17, 15) is 9.59 Å². The third-order valence-electron chi connectivity index (χ3n) is 2.83. The number of hydrogen-bond acceptors (Lipinski definition) is 4. The molecule has 2 aromatic rings. The minimum absolute atomic E-state index is 0. The molecule has 0 atom stereocenters. The van der Waals surface area contributed by atoms with Crippen molar-refractivity contribution in [3.63, 3.8) is 0 Å². The zero-order valence-electron chi connectivity index (χ0n) is 11.9. The minimum Gasteiger partial charge on any atom is -0.353 e. The van der Waals surface area contributed by atoms with Crippen molar-refractivity contribution in [2.75, 3.05) is 19.6 Å². The summed E-state index contributed by atoms with van der Waals surface area (Å²) in [5.41, 5.74) is 0.231. The molecule has 0 spiro atoms. The molecule has 0 aliphatic rings. The fourth-order valence-corrected chi connectivity index (χ4v) is 1.86. The number of nitrogens with one attached hydrogen (secondary N) is 2. The van der Waals surface area contributed by atoms with E-state index >= 15 is 0 Å². The lowest BCUT2D eigenvalue weighted by Crippen LogP contribution is -2.36. The van der Waals surface area contributed by atoms with Gasteiger partial charge in [0.2, 0.25) is 5.91 Å². The summed E-state index contributed by atoms with van der Waals surface area (Å²) in [5.74, 6) is -0.214. The maximum absolute atomic E-state index is 12.0. The number of fused-ring (bicyclic) bond motifs is 1. The van der Waals surface area contributed by atoms with Gasteiger partial charge in [-0.05, 0) is 25.1 Å². The third-order valence-corrected chi connectivity index (χ3v) is 2.83. The topological polar surface area (TPSA) is 80.4 Å². The van der Waals surface area contributed by atoms with Gasteiger partial charge in [0.05, 0.1) is 0 Å². The van der Waals surface area contributed by atoms with Gasteiger partial charge >= 0.3 is 5.69 Å². The summed E-state index contributed by atoms with van der Waals surface area (Å²) in [5, 5.41) is 10.0. The molecule has 0 unspecified atom stereocenters. The Morgan fingerprint density at radius 1 is 1.29 bits per heavy atom. The van der Waals surface area contributed by atoms with Crippen LogP contribution in [0.15, 0.2) is 29.2 Å². The standard InChI is InChI=1S/C13H19N5O2.ClH/c1-2-6-14-7-8-15-12(19)10-18-13(20)17-9-4-3-5-11(17)16-18;/h3-5,9,14H,2,6-8,10H2,1H3,(H,15,19);1H. The van der Waals surface area contributed by atoms with Crippen molar-refractivity contribution in [3.05, 3.63) is 34.9 Å². The number of aromatic nitrogens is 3. The number of carbonyl (C=O) groups excluding carboxylic acids is 1. The van der Waals surface area contributed by atoms with Crippen molar-refractivity contribution < 1.29 is 4.79 Å². The average molecular weight is 314 g/mol. The number of pyridine rings is 1. The van der Waals surface area contributed by atoms with Crippen molar-refractivity contribution in [1.29, 1.82) is 0 Å². The van der Waals surface area contributed by atoms with E-state index in [1.165, 1.54) is 9.08 Å². The Balaban J connectivity index is 0.00000220. The van der Waals surface area contributed by atoms with Crippen LogP contribution in [0.25, 0.3) is 5.65 Å². The maximum atomic E-state index is 12.0.